The number of benzene rings is 1. The number of carbonyl (C=O) groups is 1. The summed E-state index contributed by atoms with van der Waals surface area (Å²) in [5, 5.41) is 0. The summed E-state index contributed by atoms with van der Waals surface area (Å²) in [7, 11) is -3.97. The molecule has 6 nitrogen and oxygen atoms in total. The fourth-order valence-electron chi connectivity index (χ4n) is 3.78. The maximum Gasteiger partial charge on any atom is 0.243 e. The normalized spacial score (nSPS) is 22.4. The molecule has 0 bridgehead atoms. The van der Waals surface area contributed by atoms with Crippen LogP contribution in [0.4, 0.5) is 8.78 Å². The minimum Gasteiger partial charge on any atom is -0.341 e. The highest BCUT2D eigenvalue weighted by atomic mass is 32.2. The molecule has 2 fully saturated rings. The molecule has 2 saturated heterocycles. The van der Waals surface area contributed by atoms with E-state index in [1.165, 1.54) is 4.31 Å². The Morgan fingerprint density at radius 3 is 2.21 bits per heavy atom. The summed E-state index contributed by atoms with van der Waals surface area (Å²) >= 11 is 0. The first-order valence-electron chi connectivity index (χ1n) is 9.67. The van der Waals surface area contributed by atoms with E-state index >= 15 is 0 Å². The SMILES string of the molecule is CC(C)CCN1CCC(N2CCN(S(=O)(=O)c3cc(F)cc(F)c3)CC2)C1=O. The lowest BCUT2D eigenvalue weighted by molar-refractivity contribution is -0.132. The zero-order chi connectivity index (χ0) is 20.5. The Labute approximate surface area is 165 Å². The van der Waals surface area contributed by atoms with Gasteiger partial charge in [0.2, 0.25) is 15.9 Å². The molecule has 9 heteroatoms. The van der Waals surface area contributed by atoms with Crippen LogP contribution in [0.2, 0.25) is 0 Å². The number of nitrogens with zero attached hydrogens (tertiary/aromatic N) is 3. The maximum absolute atomic E-state index is 13.4. The molecule has 2 heterocycles. The van der Waals surface area contributed by atoms with Crippen LogP contribution in [-0.2, 0) is 14.8 Å². The van der Waals surface area contributed by atoms with Crippen molar-refractivity contribution >= 4 is 15.9 Å². The lowest BCUT2D eigenvalue weighted by atomic mass is 10.1. The molecule has 1 atom stereocenters. The Kier molecular flexibility index (Phi) is 6.36. The van der Waals surface area contributed by atoms with Gasteiger partial charge in [-0.2, -0.15) is 4.31 Å². The highest BCUT2D eigenvalue weighted by Crippen LogP contribution is 2.23. The predicted molar refractivity (Wildman–Crippen MR) is 101 cm³/mol. The topological polar surface area (TPSA) is 60.9 Å². The molecule has 1 unspecified atom stereocenters. The second-order valence-corrected chi connectivity index (χ2v) is 9.80. The summed E-state index contributed by atoms with van der Waals surface area (Å²) in [5.74, 6) is -1.19. The van der Waals surface area contributed by atoms with Gasteiger partial charge in [-0.05, 0) is 30.9 Å². The molecular weight excluding hydrogens is 388 g/mol. The van der Waals surface area contributed by atoms with Crippen molar-refractivity contribution in [1.29, 1.82) is 0 Å². The van der Waals surface area contributed by atoms with Gasteiger partial charge in [0.25, 0.3) is 0 Å². The second kappa shape index (κ2) is 8.42. The fraction of sp³-hybridized carbons (Fsp3) is 0.632. The van der Waals surface area contributed by atoms with Crippen LogP contribution in [0.3, 0.4) is 0 Å². The zero-order valence-corrected chi connectivity index (χ0v) is 17.1. The number of carbonyl (C=O) groups excluding carboxylic acids is 1. The van der Waals surface area contributed by atoms with Crippen LogP contribution in [-0.4, -0.2) is 73.7 Å². The number of amides is 1. The molecule has 1 amide bonds. The third-order valence-corrected chi connectivity index (χ3v) is 7.31. The van der Waals surface area contributed by atoms with Crippen molar-refractivity contribution in [3.05, 3.63) is 29.8 Å². The minimum atomic E-state index is -3.97. The molecule has 0 aromatic heterocycles. The largest absolute Gasteiger partial charge is 0.341 e. The monoisotopic (exact) mass is 415 g/mol. The van der Waals surface area contributed by atoms with E-state index in [1.54, 1.807) is 0 Å². The summed E-state index contributed by atoms with van der Waals surface area (Å²) in [6.45, 7) is 6.97. The van der Waals surface area contributed by atoms with Gasteiger partial charge in [0.05, 0.1) is 10.9 Å². The predicted octanol–water partition coefficient (Wildman–Crippen LogP) is 1.92. The van der Waals surface area contributed by atoms with Crippen LogP contribution in [0.5, 0.6) is 0 Å². The van der Waals surface area contributed by atoms with Gasteiger partial charge >= 0.3 is 0 Å². The van der Waals surface area contributed by atoms with Gasteiger partial charge in [-0.1, -0.05) is 13.8 Å². The van der Waals surface area contributed by atoms with E-state index in [1.807, 2.05) is 9.80 Å². The Bertz CT molecular complexity index is 803. The zero-order valence-electron chi connectivity index (χ0n) is 16.3. The van der Waals surface area contributed by atoms with Gasteiger partial charge in [-0.3, -0.25) is 9.69 Å². The average molecular weight is 416 g/mol. The Balaban J connectivity index is 1.61. The van der Waals surface area contributed by atoms with Gasteiger partial charge in [0.15, 0.2) is 0 Å². The molecule has 2 aliphatic heterocycles. The van der Waals surface area contributed by atoms with Gasteiger partial charge in [0, 0.05) is 45.3 Å². The first kappa shape index (κ1) is 21.1. The van der Waals surface area contributed by atoms with Gasteiger partial charge in [-0.15, -0.1) is 0 Å². The fourth-order valence-corrected chi connectivity index (χ4v) is 5.24. The van der Waals surface area contributed by atoms with Crippen molar-refractivity contribution in [3.63, 3.8) is 0 Å². The summed E-state index contributed by atoms with van der Waals surface area (Å²) < 4.78 is 53.4. The highest BCUT2D eigenvalue weighted by Gasteiger charge is 2.38. The quantitative estimate of drug-likeness (QED) is 0.712. The van der Waals surface area contributed by atoms with Crippen molar-refractivity contribution in [1.82, 2.24) is 14.1 Å². The first-order valence-corrected chi connectivity index (χ1v) is 11.1. The van der Waals surface area contributed by atoms with Crippen molar-refractivity contribution < 1.29 is 22.0 Å². The van der Waals surface area contributed by atoms with Gasteiger partial charge < -0.3 is 4.90 Å². The maximum atomic E-state index is 13.4. The number of sulfonamides is 1. The number of halogens is 2. The van der Waals surface area contributed by atoms with Crippen LogP contribution >= 0.6 is 0 Å². The molecule has 2 aliphatic rings. The smallest absolute Gasteiger partial charge is 0.243 e. The standard InChI is InChI=1S/C19H27F2N3O3S/c1-14(2)3-5-23-6-4-18(19(23)25)22-7-9-24(10-8-22)28(26,27)17-12-15(20)11-16(21)13-17/h11-14,18H,3-10H2,1-2H3. The van der Waals surface area contributed by atoms with Crippen LogP contribution in [0.15, 0.2) is 23.1 Å². The second-order valence-electron chi connectivity index (χ2n) is 7.86. The van der Waals surface area contributed by atoms with E-state index < -0.39 is 21.7 Å². The molecule has 0 N–H and O–H groups in total. The molecule has 156 valence electrons. The number of hydrogen-bond donors (Lipinski definition) is 0. The lowest BCUT2D eigenvalue weighted by Crippen LogP contribution is -2.53. The average Bonchev–Trinajstić information content (AvgIpc) is 3.00. The molecule has 0 radical (unpaired) electrons. The molecule has 0 aliphatic carbocycles. The molecule has 1 aromatic carbocycles. The number of piperazine rings is 1. The summed E-state index contributed by atoms with van der Waals surface area (Å²) in [6, 6.07) is 2.10. The Morgan fingerprint density at radius 2 is 1.64 bits per heavy atom. The van der Waals surface area contributed by atoms with Crippen LogP contribution in [0.25, 0.3) is 0 Å². The van der Waals surface area contributed by atoms with Gasteiger partial charge in [0.1, 0.15) is 11.6 Å². The molecule has 3 rings (SSSR count). The van der Waals surface area contributed by atoms with Crippen LogP contribution < -0.4 is 0 Å². The van der Waals surface area contributed by atoms with E-state index in [0.717, 1.165) is 38.1 Å². The van der Waals surface area contributed by atoms with E-state index in [-0.39, 0.29) is 29.9 Å². The van der Waals surface area contributed by atoms with Crippen molar-refractivity contribution in [2.45, 2.75) is 37.6 Å². The van der Waals surface area contributed by atoms with Crippen LogP contribution in [0.1, 0.15) is 26.7 Å². The lowest BCUT2D eigenvalue weighted by Gasteiger charge is -2.36. The van der Waals surface area contributed by atoms with Crippen LogP contribution in [0, 0.1) is 17.6 Å². The number of rotatable bonds is 6. The Hall–Kier alpha value is -1.58. The summed E-state index contributed by atoms with van der Waals surface area (Å²) in [4.78, 5) is 16.2. The number of hydrogen-bond acceptors (Lipinski definition) is 4. The number of likely N-dealkylation sites (tertiary alicyclic amines) is 1. The molecule has 1 aromatic rings. The van der Waals surface area contributed by atoms with Crippen molar-refractivity contribution in [3.8, 4) is 0 Å². The van der Waals surface area contributed by atoms with E-state index in [0.29, 0.717) is 25.1 Å². The molecule has 28 heavy (non-hydrogen) atoms. The Morgan fingerprint density at radius 1 is 1.04 bits per heavy atom. The van der Waals surface area contributed by atoms with Crippen molar-refractivity contribution in [2.75, 3.05) is 39.3 Å². The molecule has 0 spiro atoms. The van der Waals surface area contributed by atoms with E-state index in [9.17, 15) is 22.0 Å². The first-order chi connectivity index (χ1) is 13.2. The molecule has 0 saturated carbocycles. The summed E-state index contributed by atoms with van der Waals surface area (Å²) in [5.41, 5.74) is 0. The third kappa shape index (κ3) is 4.52. The summed E-state index contributed by atoms with van der Waals surface area (Å²) in [6.07, 6.45) is 1.72. The highest BCUT2D eigenvalue weighted by molar-refractivity contribution is 7.89. The minimum absolute atomic E-state index is 0.115. The molecular formula is C19H27F2N3O3S. The van der Waals surface area contributed by atoms with E-state index in [4.69, 9.17) is 0 Å². The van der Waals surface area contributed by atoms with E-state index in [2.05, 4.69) is 13.8 Å². The van der Waals surface area contributed by atoms with Gasteiger partial charge in [-0.25, -0.2) is 17.2 Å². The third-order valence-electron chi connectivity index (χ3n) is 5.43. The van der Waals surface area contributed by atoms with Crippen molar-refractivity contribution in [2.24, 2.45) is 5.92 Å².